The van der Waals surface area contributed by atoms with E-state index in [0.29, 0.717) is 43.2 Å². The molecule has 3 atom stereocenters. The fourth-order valence-electron chi connectivity index (χ4n) is 5.01. The number of nitrogens with one attached hydrogen (secondary N) is 1. The molecule has 0 aliphatic carbocycles. The molecule has 1 fully saturated rings. The molecule has 1 aliphatic heterocycles. The Hall–Kier alpha value is -2.88. The summed E-state index contributed by atoms with van der Waals surface area (Å²) in [5.74, 6) is -0.943. The van der Waals surface area contributed by atoms with Crippen LogP contribution in [0.5, 0.6) is 0 Å². The van der Waals surface area contributed by atoms with E-state index in [1.54, 1.807) is 6.92 Å². The number of pyridine rings is 1. The number of H-pyrrole nitrogens is 1. The molecule has 1 aromatic carbocycles. The number of aryl methyl sites for hydroxylation is 1. The molecule has 0 saturated carbocycles. The van der Waals surface area contributed by atoms with Crippen molar-refractivity contribution in [3.05, 3.63) is 57.8 Å². The van der Waals surface area contributed by atoms with Gasteiger partial charge in [-0.1, -0.05) is 19.9 Å². The molecule has 0 bridgehead atoms. The molecule has 4 rings (SSSR count). The Bertz CT molecular complexity index is 1340. The number of halogens is 4. The van der Waals surface area contributed by atoms with E-state index in [2.05, 4.69) is 10.2 Å². The standard InChI is InChI=1S/C24H29F4N5O/c1-5-16-13-33(20-10-22(34)31(4)21-11-29-30-23(20)21)17(6-2)12-32(16)14(3)18-8-7-15(25)9-19(18)24(26,27)28/h7-11,14,16-17H,5-6,12-13H2,1-4H3,(H,29,30)/t14?,16-,17+/m1/s1/i4D3. The van der Waals surface area contributed by atoms with Crippen LogP contribution < -0.4 is 10.5 Å². The highest BCUT2D eigenvalue weighted by Crippen LogP contribution is 2.39. The van der Waals surface area contributed by atoms with Gasteiger partial charge in [-0.3, -0.25) is 14.8 Å². The first-order valence-corrected chi connectivity index (χ1v) is 11.3. The smallest absolute Gasteiger partial charge is 0.364 e. The van der Waals surface area contributed by atoms with Gasteiger partial charge in [0.25, 0.3) is 5.56 Å². The highest BCUT2D eigenvalue weighted by atomic mass is 19.4. The van der Waals surface area contributed by atoms with Crippen molar-refractivity contribution in [3.63, 3.8) is 0 Å². The van der Waals surface area contributed by atoms with Gasteiger partial charge < -0.3 is 9.47 Å². The predicted molar refractivity (Wildman–Crippen MR) is 123 cm³/mol. The van der Waals surface area contributed by atoms with Crippen LogP contribution in [0.25, 0.3) is 11.0 Å². The van der Waals surface area contributed by atoms with Crippen LogP contribution >= 0.6 is 0 Å². The normalized spacial score (nSPS) is 22.4. The fraction of sp³-hybridized carbons (Fsp3) is 0.500. The van der Waals surface area contributed by atoms with Crippen LogP contribution in [0, 0.1) is 5.82 Å². The van der Waals surface area contributed by atoms with Gasteiger partial charge >= 0.3 is 6.18 Å². The molecule has 2 aromatic heterocycles. The molecule has 3 aromatic rings. The number of aromatic amines is 1. The van der Waals surface area contributed by atoms with Crippen LogP contribution in [0.3, 0.4) is 0 Å². The highest BCUT2D eigenvalue weighted by Gasteiger charge is 2.40. The second-order valence-corrected chi connectivity index (χ2v) is 8.71. The van der Waals surface area contributed by atoms with Crippen LogP contribution in [0.2, 0.25) is 0 Å². The van der Waals surface area contributed by atoms with Crippen molar-refractivity contribution < 1.29 is 21.7 Å². The zero-order chi connectivity index (χ0) is 27.3. The third kappa shape index (κ3) is 4.19. The summed E-state index contributed by atoms with van der Waals surface area (Å²) >= 11 is 0. The molecular formula is C24H29F4N5O. The lowest BCUT2D eigenvalue weighted by molar-refractivity contribution is -0.139. The molecule has 3 heterocycles. The molecule has 34 heavy (non-hydrogen) atoms. The number of piperazine rings is 1. The highest BCUT2D eigenvalue weighted by molar-refractivity contribution is 5.88. The molecule has 1 N–H and O–H groups in total. The predicted octanol–water partition coefficient (Wildman–Crippen LogP) is 4.86. The third-order valence-corrected chi connectivity index (χ3v) is 6.86. The summed E-state index contributed by atoms with van der Waals surface area (Å²) in [6.07, 6.45) is -2.17. The Labute approximate surface area is 199 Å². The lowest BCUT2D eigenvalue weighted by Gasteiger charge is -2.49. The lowest BCUT2D eigenvalue weighted by atomic mass is 9.94. The van der Waals surface area contributed by atoms with E-state index in [4.69, 9.17) is 4.11 Å². The maximum absolute atomic E-state index is 13.8. The number of benzene rings is 1. The first-order valence-electron chi connectivity index (χ1n) is 12.8. The minimum Gasteiger partial charge on any atom is -0.364 e. The van der Waals surface area contributed by atoms with E-state index >= 15 is 0 Å². The van der Waals surface area contributed by atoms with Gasteiger partial charge in [0.2, 0.25) is 0 Å². The van der Waals surface area contributed by atoms with Crippen molar-refractivity contribution >= 4 is 16.7 Å². The second-order valence-electron chi connectivity index (χ2n) is 8.71. The minimum atomic E-state index is -4.70. The Kier molecular flexibility index (Phi) is 5.45. The van der Waals surface area contributed by atoms with E-state index < -0.39 is 36.1 Å². The van der Waals surface area contributed by atoms with Crippen LogP contribution in [0.4, 0.5) is 23.2 Å². The molecule has 1 aliphatic rings. The molecular weight excluding hydrogens is 450 g/mol. The van der Waals surface area contributed by atoms with Gasteiger partial charge in [0, 0.05) is 48.4 Å². The minimum absolute atomic E-state index is 0.00638. The number of alkyl halides is 3. The van der Waals surface area contributed by atoms with Gasteiger partial charge in [-0.25, -0.2) is 4.39 Å². The molecule has 1 unspecified atom stereocenters. The van der Waals surface area contributed by atoms with Crippen molar-refractivity contribution in [2.45, 2.75) is 57.9 Å². The fourth-order valence-corrected chi connectivity index (χ4v) is 5.01. The average molecular weight is 483 g/mol. The van der Waals surface area contributed by atoms with Gasteiger partial charge in [0.1, 0.15) is 11.3 Å². The Morgan fingerprint density at radius 1 is 1.21 bits per heavy atom. The monoisotopic (exact) mass is 482 g/mol. The van der Waals surface area contributed by atoms with Crippen LogP contribution in [0.1, 0.15) is 54.9 Å². The average Bonchev–Trinajstić information content (AvgIpc) is 3.30. The number of aromatic nitrogens is 3. The van der Waals surface area contributed by atoms with Gasteiger partial charge in [0.05, 0.1) is 23.0 Å². The van der Waals surface area contributed by atoms with Crippen molar-refractivity contribution in [3.8, 4) is 0 Å². The number of rotatable bonds is 5. The van der Waals surface area contributed by atoms with Crippen LogP contribution in [0.15, 0.2) is 35.3 Å². The van der Waals surface area contributed by atoms with Gasteiger partial charge in [0.15, 0.2) is 0 Å². The van der Waals surface area contributed by atoms with Gasteiger partial charge in [-0.2, -0.15) is 18.3 Å². The lowest BCUT2D eigenvalue weighted by Crippen LogP contribution is -2.59. The summed E-state index contributed by atoms with van der Waals surface area (Å²) in [6.45, 7) is 3.67. The van der Waals surface area contributed by atoms with Crippen molar-refractivity contribution in [1.29, 1.82) is 0 Å². The first kappa shape index (κ1) is 20.5. The van der Waals surface area contributed by atoms with Gasteiger partial charge in [-0.15, -0.1) is 0 Å². The number of nitrogens with zero attached hydrogens (tertiary/aromatic N) is 4. The van der Waals surface area contributed by atoms with Gasteiger partial charge in [-0.05, 0) is 37.5 Å². The molecule has 0 spiro atoms. The summed E-state index contributed by atoms with van der Waals surface area (Å²) in [6, 6.07) is 3.05. The molecule has 0 amide bonds. The van der Waals surface area contributed by atoms with E-state index in [-0.39, 0.29) is 23.2 Å². The maximum atomic E-state index is 13.8. The molecule has 0 radical (unpaired) electrons. The van der Waals surface area contributed by atoms with Crippen molar-refractivity contribution in [2.24, 2.45) is 6.98 Å². The van der Waals surface area contributed by atoms with E-state index in [1.165, 1.54) is 18.3 Å². The quantitative estimate of drug-likeness (QED) is 0.528. The largest absolute Gasteiger partial charge is 0.416 e. The number of hydrogen-bond acceptors (Lipinski definition) is 4. The summed E-state index contributed by atoms with van der Waals surface area (Å²) in [7, 11) is 0. The van der Waals surface area contributed by atoms with Crippen molar-refractivity contribution in [2.75, 3.05) is 18.0 Å². The summed E-state index contributed by atoms with van der Waals surface area (Å²) in [5, 5.41) is 6.79. The molecule has 184 valence electrons. The number of fused-ring (bicyclic) bond motifs is 1. The van der Waals surface area contributed by atoms with Crippen LogP contribution in [-0.2, 0) is 13.2 Å². The maximum Gasteiger partial charge on any atom is 0.416 e. The number of anilines is 1. The van der Waals surface area contributed by atoms with E-state index in [1.807, 2.05) is 23.6 Å². The number of hydrogen-bond donors (Lipinski definition) is 1. The SMILES string of the molecule is [2H]C([2H])([2H])n1c(=O)cc(N2C[C@@H](CC)N(C(C)c3ccc(F)cc3C(F)(F)F)C[C@@H]2CC)c2[nH]ncc21. The topological polar surface area (TPSA) is 57.2 Å². The summed E-state index contributed by atoms with van der Waals surface area (Å²) in [5.41, 5.74) is -0.604. The first-order chi connectivity index (χ1) is 17.3. The Morgan fingerprint density at radius 3 is 2.59 bits per heavy atom. The molecule has 6 nitrogen and oxygen atoms in total. The second kappa shape index (κ2) is 9.05. The molecule has 10 heteroatoms. The zero-order valence-electron chi connectivity index (χ0n) is 22.2. The Morgan fingerprint density at radius 2 is 1.94 bits per heavy atom. The van der Waals surface area contributed by atoms with E-state index in [0.717, 1.165) is 10.6 Å². The van der Waals surface area contributed by atoms with E-state index in [9.17, 15) is 22.4 Å². The zero-order valence-corrected chi connectivity index (χ0v) is 19.2. The third-order valence-electron chi connectivity index (χ3n) is 6.86. The summed E-state index contributed by atoms with van der Waals surface area (Å²) in [4.78, 5) is 16.9. The summed E-state index contributed by atoms with van der Waals surface area (Å²) < 4.78 is 79.0. The van der Waals surface area contributed by atoms with Crippen LogP contribution in [-0.4, -0.2) is 44.8 Å². The Balaban J connectivity index is 1.75. The molecule has 1 saturated heterocycles. The van der Waals surface area contributed by atoms with Crippen molar-refractivity contribution in [1.82, 2.24) is 19.7 Å².